The van der Waals surface area contributed by atoms with Crippen LogP contribution in [0.5, 0.6) is 0 Å². The monoisotopic (exact) mass is 277 g/mol. The average Bonchev–Trinajstić information content (AvgIpc) is 2.46. The molecule has 1 aromatic rings. The van der Waals surface area contributed by atoms with Gasteiger partial charge in [0.05, 0.1) is 24.9 Å². The molecule has 1 fully saturated rings. The maximum atomic E-state index is 11.6. The summed E-state index contributed by atoms with van der Waals surface area (Å²) in [5, 5.41) is 10.5. The first-order chi connectivity index (χ1) is 9.65. The maximum absolute atomic E-state index is 11.6. The second-order valence-corrected chi connectivity index (χ2v) is 5.31. The van der Waals surface area contributed by atoms with E-state index in [1.807, 2.05) is 12.1 Å². The minimum Gasteiger partial charge on any atom is -0.379 e. The molecule has 3 rings (SSSR count). The van der Waals surface area contributed by atoms with Gasteiger partial charge in [0.15, 0.2) is 0 Å². The first kappa shape index (κ1) is 13.5. The number of nitrogens with zero attached hydrogens (tertiary/aromatic N) is 2. The molecule has 0 aliphatic carbocycles. The Balaban J connectivity index is 1.78. The normalized spacial score (nSPS) is 23.8. The first-order valence-corrected chi connectivity index (χ1v) is 6.85. The van der Waals surface area contributed by atoms with Crippen molar-refractivity contribution in [2.45, 2.75) is 19.0 Å². The number of hydrogen-bond acceptors (Lipinski definition) is 5. The molecule has 1 aromatic carbocycles. The highest BCUT2D eigenvalue weighted by molar-refractivity contribution is 5.98. The van der Waals surface area contributed by atoms with Crippen LogP contribution in [-0.4, -0.2) is 48.4 Å². The summed E-state index contributed by atoms with van der Waals surface area (Å²) in [5.74, 6) is -0.446. The summed E-state index contributed by atoms with van der Waals surface area (Å²) in [6.45, 7) is 4.26. The summed E-state index contributed by atoms with van der Waals surface area (Å²) in [6, 6.07) is 5.10. The van der Waals surface area contributed by atoms with Crippen molar-refractivity contribution < 1.29 is 14.7 Å². The van der Waals surface area contributed by atoms with Gasteiger partial charge in [-0.3, -0.25) is 14.9 Å². The van der Waals surface area contributed by atoms with E-state index in [9.17, 15) is 10.0 Å². The zero-order valence-electron chi connectivity index (χ0n) is 11.3. The topological polar surface area (TPSA) is 79.0 Å². The molecule has 1 atom stereocenters. The van der Waals surface area contributed by atoms with Crippen molar-refractivity contribution in [3.63, 3.8) is 0 Å². The molecule has 2 aliphatic heterocycles. The molecule has 0 bridgehead atoms. The Labute approximate surface area is 117 Å². The highest BCUT2D eigenvalue weighted by Crippen LogP contribution is 2.27. The van der Waals surface area contributed by atoms with E-state index in [1.54, 1.807) is 6.07 Å². The zero-order chi connectivity index (χ0) is 14.1. The molecular formula is C14H19N3O3. The van der Waals surface area contributed by atoms with Crippen LogP contribution in [0.15, 0.2) is 18.2 Å². The molecule has 3 N–H and O–H groups in total. The van der Waals surface area contributed by atoms with Gasteiger partial charge in [0.25, 0.3) is 5.91 Å². The summed E-state index contributed by atoms with van der Waals surface area (Å²) < 4.78 is 5.33. The van der Waals surface area contributed by atoms with Crippen LogP contribution in [0.3, 0.4) is 0 Å². The van der Waals surface area contributed by atoms with E-state index in [2.05, 4.69) is 4.90 Å². The number of hydroxylamine groups is 1. The number of nitrogens with two attached hydrogens (primary N) is 1. The third kappa shape index (κ3) is 2.55. The molecule has 0 spiro atoms. The van der Waals surface area contributed by atoms with E-state index in [1.165, 1.54) is 5.56 Å². The second kappa shape index (κ2) is 5.49. The third-order valence-electron chi connectivity index (χ3n) is 3.85. The Bertz CT molecular complexity index is 514. The summed E-state index contributed by atoms with van der Waals surface area (Å²) in [4.78, 5) is 13.9. The fourth-order valence-electron chi connectivity index (χ4n) is 2.72. The van der Waals surface area contributed by atoms with Crippen molar-refractivity contribution >= 4 is 11.6 Å². The van der Waals surface area contributed by atoms with Crippen LogP contribution in [0.25, 0.3) is 0 Å². The molecule has 0 radical (unpaired) electrons. The van der Waals surface area contributed by atoms with Gasteiger partial charge in [-0.2, -0.15) is 5.06 Å². The van der Waals surface area contributed by atoms with E-state index in [4.69, 9.17) is 10.5 Å². The second-order valence-electron chi connectivity index (χ2n) is 5.31. The maximum Gasteiger partial charge on any atom is 0.267 e. The van der Waals surface area contributed by atoms with E-state index in [0.29, 0.717) is 17.2 Å². The fraction of sp³-hybridized carbons (Fsp3) is 0.500. The highest BCUT2D eigenvalue weighted by atomic mass is 16.5. The Morgan fingerprint density at radius 3 is 2.85 bits per heavy atom. The summed E-state index contributed by atoms with van der Waals surface area (Å²) in [5.41, 5.74) is 8.37. The van der Waals surface area contributed by atoms with Gasteiger partial charge in [-0.15, -0.1) is 0 Å². The molecule has 108 valence electrons. The van der Waals surface area contributed by atoms with Gasteiger partial charge in [-0.05, 0) is 23.6 Å². The quantitative estimate of drug-likeness (QED) is 0.751. The number of rotatable bonds is 2. The van der Waals surface area contributed by atoms with Crippen LogP contribution in [0.1, 0.15) is 11.1 Å². The van der Waals surface area contributed by atoms with Gasteiger partial charge in [-0.25, -0.2) is 0 Å². The van der Waals surface area contributed by atoms with Crippen molar-refractivity contribution in [1.82, 2.24) is 4.90 Å². The molecule has 6 heteroatoms. The van der Waals surface area contributed by atoms with Crippen molar-refractivity contribution in [3.05, 3.63) is 29.3 Å². The van der Waals surface area contributed by atoms with Crippen LogP contribution in [-0.2, 0) is 22.5 Å². The molecule has 0 aromatic heterocycles. The van der Waals surface area contributed by atoms with Crippen molar-refractivity contribution in [1.29, 1.82) is 0 Å². The Morgan fingerprint density at radius 2 is 2.10 bits per heavy atom. The zero-order valence-corrected chi connectivity index (χ0v) is 11.3. The summed E-state index contributed by atoms with van der Waals surface area (Å²) in [6.07, 6.45) is 0.474. The number of anilines is 1. The molecule has 2 heterocycles. The van der Waals surface area contributed by atoms with E-state index in [0.717, 1.165) is 38.4 Å². The van der Waals surface area contributed by atoms with Crippen LogP contribution < -0.4 is 10.8 Å². The minimum absolute atomic E-state index is 0.446. The molecule has 0 saturated carbocycles. The molecule has 20 heavy (non-hydrogen) atoms. The lowest BCUT2D eigenvalue weighted by molar-refractivity contribution is -0.125. The lowest BCUT2D eigenvalue weighted by Crippen LogP contribution is -2.47. The molecule has 1 saturated heterocycles. The number of hydrogen-bond donors (Lipinski definition) is 2. The van der Waals surface area contributed by atoms with Gasteiger partial charge in [0.1, 0.15) is 0 Å². The lowest BCUT2D eigenvalue weighted by Gasteiger charge is -2.29. The average molecular weight is 277 g/mol. The van der Waals surface area contributed by atoms with Crippen LogP contribution >= 0.6 is 0 Å². The molecule has 0 unspecified atom stereocenters. The van der Waals surface area contributed by atoms with Gasteiger partial charge in [0, 0.05) is 19.6 Å². The smallest absolute Gasteiger partial charge is 0.267 e. The standard InChI is InChI=1S/C14H19N3O3/c15-12-8-11-7-10(9-16-3-5-20-6-4-16)1-2-13(11)17(19)14(12)18/h1-2,7,12,19H,3-6,8-9,15H2/t12-/m0/s1. The van der Waals surface area contributed by atoms with E-state index >= 15 is 0 Å². The number of fused-ring (bicyclic) bond motifs is 1. The number of carbonyl (C=O) groups is 1. The summed E-state index contributed by atoms with van der Waals surface area (Å²) >= 11 is 0. The van der Waals surface area contributed by atoms with Crippen molar-refractivity contribution in [2.24, 2.45) is 5.73 Å². The number of morpholine rings is 1. The van der Waals surface area contributed by atoms with Gasteiger partial charge in [-0.1, -0.05) is 12.1 Å². The molecule has 6 nitrogen and oxygen atoms in total. The first-order valence-electron chi connectivity index (χ1n) is 6.85. The Kier molecular flexibility index (Phi) is 3.71. The van der Waals surface area contributed by atoms with E-state index in [-0.39, 0.29) is 0 Å². The van der Waals surface area contributed by atoms with Gasteiger partial charge < -0.3 is 10.5 Å². The van der Waals surface area contributed by atoms with E-state index < -0.39 is 11.9 Å². The number of carbonyl (C=O) groups excluding carboxylic acids is 1. The number of amides is 1. The molecule has 2 aliphatic rings. The van der Waals surface area contributed by atoms with Crippen LogP contribution in [0, 0.1) is 0 Å². The highest BCUT2D eigenvalue weighted by Gasteiger charge is 2.29. The lowest BCUT2D eigenvalue weighted by atomic mass is 9.97. The van der Waals surface area contributed by atoms with Gasteiger partial charge >= 0.3 is 0 Å². The SMILES string of the molecule is N[C@H]1Cc2cc(CN3CCOCC3)ccc2N(O)C1=O. The summed E-state index contributed by atoms with van der Waals surface area (Å²) in [7, 11) is 0. The molecular weight excluding hydrogens is 258 g/mol. The Morgan fingerprint density at radius 1 is 1.35 bits per heavy atom. The Hall–Kier alpha value is -1.47. The predicted octanol–water partition coefficient (Wildman–Crippen LogP) is 0.124. The molecule has 1 amide bonds. The van der Waals surface area contributed by atoms with Crippen LogP contribution in [0.4, 0.5) is 5.69 Å². The number of ether oxygens (including phenoxy) is 1. The largest absolute Gasteiger partial charge is 0.379 e. The van der Waals surface area contributed by atoms with Crippen molar-refractivity contribution in [2.75, 3.05) is 31.4 Å². The van der Waals surface area contributed by atoms with Gasteiger partial charge in [0.2, 0.25) is 0 Å². The van der Waals surface area contributed by atoms with Crippen molar-refractivity contribution in [3.8, 4) is 0 Å². The minimum atomic E-state index is -0.661. The fourth-order valence-corrected chi connectivity index (χ4v) is 2.72. The predicted molar refractivity (Wildman–Crippen MR) is 73.5 cm³/mol. The third-order valence-corrected chi connectivity index (χ3v) is 3.85. The van der Waals surface area contributed by atoms with Crippen LogP contribution in [0.2, 0.25) is 0 Å². The number of benzene rings is 1.